The highest BCUT2D eigenvalue weighted by Crippen LogP contribution is 2.38. The van der Waals surface area contributed by atoms with E-state index in [2.05, 4.69) is 42.9 Å². The molecule has 0 amide bonds. The van der Waals surface area contributed by atoms with Crippen LogP contribution in [-0.4, -0.2) is 89.1 Å². The minimum atomic E-state index is 0.278. The van der Waals surface area contributed by atoms with Gasteiger partial charge in [0.15, 0.2) is 5.65 Å². The number of nitrogens with one attached hydrogen (secondary N) is 1. The molecule has 2 aromatic heterocycles. The van der Waals surface area contributed by atoms with Gasteiger partial charge < -0.3 is 25.4 Å². The lowest BCUT2D eigenvalue weighted by atomic mass is 9.90. The predicted molar refractivity (Wildman–Crippen MR) is 172 cm³/mol. The lowest BCUT2D eigenvalue weighted by Crippen LogP contribution is -2.49. The van der Waals surface area contributed by atoms with E-state index in [4.69, 9.17) is 20.3 Å². The molecule has 3 N–H and O–H groups in total. The summed E-state index contributed by atoms with van der Waals surface area (Å²) in [5.41, 5.74) is 10.2. The van der Waals surface area contributed by atoms with Gasteiger partial charge in [-0.3, -0.25) is 4.90 Å². The lowest BCUT2D eigenvalue weighted by molar-refractivity contribution is 0.0815. The summed E-state index contributed by atoms with van der Waals surface area (Å²) in [6.07, 6.45) is 6.83. The minimum absolute atomic E-state index is 0.278. The Hall–Kier alpha value is -4.24. The van der Waals surface area contributed by atoms with Crippen LogP contribution in [0.3, 0.4) is 0 Å². The Morgan fingerprint density at radius 3 is 2.43 bits per heavy atom. The van der Waals surface area contributed by atoms with E-state index in [9.17, 15) is 5.26 Å². The van der Waals surface area contributed by atoms with Crippen LogP contribution in [0.15, 0.2) is 48.8 Å². The number of nitrogens with two attached hydrogens (primary N) is 1. The molecular formula is C33H41N9O2. The number of benzene rings is 2. The van der Waals surface area contributed by atoms with E-state index in [1.165, 1.54) is 6.33 Å². The molecule has 0 radical (unpaired) electrons. The van der Waals surface area contributed by atoms with Gasteiger partial charge in [-0.15, -0.1) is 0 Å². The fourth-order valence-corrected chi connectivity index (χ4v) is 6.39. The first-order valence-corrected chi connectivity index (χ1v) is 15.5. The number of ether oxygens (including phenoxy) is 2. The molecule has 1 aliphatic heterocycles. The van der Waals surface area contributed by atoms with Gasteiger partial charge in [0.05, 0.1) is 22.7 Å². The van der Waals surface area contributed by atoms with Crippen LogP contribution in [0, 0.1) is 11.3 Å². The number of nitrogens with zero attached hydrogens (tertiary/aromatic N) is 7. The van der Waals surface area contributed by atoms with Gasteiger partial charge in [-0.25, -0.2) is 14.6 Å². The molecule has 2 aromatic carbocycles. The molecule has 11 heteroatoms. The van der Waals surface area contributed by atoms with Crippen LogP contribution in [0.2, 0.25) is 0 Å². The third-order valence-electron chi connectivity index (χ3n) is 8.90. The average molecular weight is 596 g/mol. The second kappa shape index (κ2) is 13.6. The van der Waals surface area contributed by atoms with Crippen LogP contribution in [0.5, 0.6) is 11.5 Å². The lowest BCUT2D eigenvalue weighted by Gasteiger charge is -2.41. The predicted octanol–water partition coefficient (Wildman–Crippen LogP) is 4.92. The van der Waals surface area contributed by atoms with Gasteiger partial charge in [-0.05, 0) is 75.5 Å². The van der Waals surface area contributed by atoms with E-state index in [1.807, 2.05) is 30.3 Å². The van der Waals surface area contributed by atoms with Crippen molar-refractivity contribution in [2.24, 2.45) is 0 Å². The molecule has 230 valence electrons. The Morgan fingerprint density at radius 2 is 1.70 bits per heavy atom. The summed E-state index contributed by atoms with van der Waals surface area (Å²) in [7, 11) is 3.89. The van der Waals surface area contributed by atoms with Crippen LogP contribution < -0.4 is 15.8 Å². The molecule has 4 aromatic rings. The minimum Gasteiger partial charge on any atom is -0.457 e. The Balaban J connectivity index is 1.18. The number of likely N-dealkylation sites (N-methyl/N-ethyl adjacent to an activating group) is 1. The molecule has 0 spiro atoms. The van der Waals surface area contributed by atoms with Crippen LogP contribution in [0.1, 0.15) is 43.7 Å². The standard InChI is InChI=1S/C33H41N9O2/c1-40-15-17-41(18-16-40)25-7-9-26(10-8-25)42-33-30(32(35)37-22-38-33)31(39-42)23-4-11-27(12-5-23)44-28-13-6-24(21-34)29(20-28)36-14-3-19-43-2/h4-6,11-13,20,22,25-26,36H,3,7-10,14-19H2,1-2H3,(H2,35,37,38). The summed E-state index contributed by atoms with van der Waals surface area (Å²) < 4.78 is 13.4. The first-order valence-electron chi connectivity index (χ1n) is 15.5. The summed E-state index contributed by atoms with van der Waals surface area (Å²) in [6, 6.07) is 16.4. The highest BCUT2D eigenvalue weighted by Gasteiger charge is 2.30. The maximum Gasteiger partial charge on any atom is 0.164 e. The van der Waals surface area contributed by atoms with Crippen molar-refractivity contribution in [1.82, 2.24) is 29.5 Å². The fourth-order valence-electron chi connectivity index (χ4n) is 6.39. The maximum atomic E-state index is 9.51. The Labute approximate surface area is 258 Å². The molecule has 2 aliphatic rings. The number of rotatable bonds is 10. The molecule has 0 bridgehead atoms. The van der Waals surface area contributed by atoms with Gasteiger partial charge >= 0.3 is 0 Å². The second-order valence-corrected chi connectivity index (χ2v) is 11.8. The summed E-state index contributed by atoms with van der Waals surface area (Å²) >= 11 is 0. The smallest absolute Gasteiger partial charge is 0.164 e. The fraction of sp³-hybridized carbons (Fsp3) is 0.455. The number of hydrogen-bond donors (Lipinski definition) is 2. The van der Waals surface area contributed by atoms with Crippen molar-refractivity contribution in [2.45, 2.75) is 44.2 Å². The SMILES string of the molecule is COCCCNc1cc(Oc2ccc(-c3nn(C4CCC(N5CCN(C)CC5)CC4)c4ncnc(N)c34)cc2)ccc1C#N. The van der Waals surface area contributed by atoms with Crippen LogP contribution in [0.4, 0.5) is 11.5 Å². The molecule has 1 saturated heterocycles. The molecule has 44 heavy (non-hydrogen) atoms. The highest BCUT2D eigenvalue weighted by molar-refractivity contribution is 5.98. The molecule has 11 nitrogen and oxygen atoms in total. The normalized spacial score (nSPS) is 19.6. The number of fused-ring (bicyclic) bond motifs is 1. The highest BCUT2D eigenvalue weighted by atomic mass is 16.5. The zero-order chi connectivity index (χ0) is 30.5. The van der Waals surface area contributed by atoms with Gasteiger partial charge in [0.1, 0.15) is 35.4 Å². The molecule has 6 rings (SSSR count). The Kier molecular flexibility index (Phi) is 9.21. The first kappa shape index (κ1) is 29.8. The molecule has 1 saturated carbocycles. The van der Waals surface area contributed by atoms with E-state index < -0.39 is 0 Å². The third-order valence-corrected chi connectivity index (χ3v) is 8.90. The largest absolute Gasteiger partial charge is 0.457 e. The van der Waals surface area contributed by atoms with E-state index in [0.717, 1.165) is 86.3 Å². The summed E-state index contributed by atoms with van der Waals surface area (Å²) in [6.45, 7) is 5.96. The van der Waals surface area contributed by atoms with E-state index >= 15 is 0 Å². The van der Waals surface area contributed by atoms with Crippen molar-refractivity contribution in [3.8, 4) is 28.8 Å². The van der Waals surface area contributed by atoms with Crippen molar-refractivity contribution in [3.63, 3.8) is 0 Å². The monoisotopic (exact) mass is 595 g/mol. The van der Waals surface area contributed by atoms with Gasteiger partial charge in [0, 0.05) is 64.1 Å². The van der Waals surface area contributed by atoms with Crippen molar-refractivity contribution >= 4 is 22.5 Å². The topological polar surface area (TPSA) is 130 Å². The molecule has 0 unspecified atom stereocenters. The van der Waals surface area contributed by atoms with Crippen molar-refractivity contribution < 1.29 is 9.47 Å². The van der Waals surface area contributed by atoms with Gasteiger partial charge in [-0.2, -0.15) is 10.4 Å². The number of aromatic nitrogens is 4. The third kappa shape index (κ3) is 6.48. The molecule has 3 heterocycles. The van der Waals surface area contributed by atoms with Gasteiger partial charge in [0.2, 0.25) is 0 Å². The number of anilines is 2. The zero-order valence-electron chi connectivity index (χ0n) is 25.6. The quantitative estimate of drug-likeness (QED) is 0.244. The number of nitriles is 1. The molecule has 0 atom stereocenters. The van der Waals surface area contributed by atoms with Crippen molar-refractivity contribution in [1.29, 1.82) is 5.26 Å². The van der Waals surface area contributed by atoms with Crippen LogP contribution in [0.25, 0.3) is 22.3 Å². The van der Waals surface area contributed by atoms with Crippen LogP contribution in [-0.2, 0) is 4.74 Å². The molecule has 1 aliphatic carbocycles. The summed E-state index contributed by atoms with van der Waals surface area (Å²) in [4.78, 5) is 14.0. The maximum absolute atomic E-state index is 9.51. The van der Waals surface area contributed by atoms with E-state index in [1.54, 1.807) is 19.2 Å². The molecule has 2 fully saturated rings. The Morgan fingerprint density at radius 1 is 0.977 bits per heavy atom. The number of piperazine rings is 1. The van der Waals surface area contributed by atoms with Gasteiger partial charge in [-0.1, -0.05) is 0 Å². The van der Waals surface area contributed by atoms with Crippen molar-refractivity contribution in [2.75, 3.05) is 64.5 Å². The van der Waals surface area contributed by atoms with Gasteiger partial charge in [0.25, 0.3) is 0 Å². The number of methoxy groups -OCH3 is 1. The number of hydrogen-bond acceptors (Lipinski definition) is 10. The van der Waals surface area contributed by atoms with E-state index in [0.29, 0.717) is 42.1 Å². The Bertz CT molecular complexity index is 1600. The average Bonchev–Trinajstić information content (AvgIpc) is 3.45. The van der Waals surface area contributed by atoms with Crippen molar-refractivity contribution in [3.05, 3.63) is 54.4 Å². The molecular weight excluding hydrogens is 554 g/mol. The van der Waals surface area contributed by atoms with Crippen LogP contribution >= 0.6 is 0 Å². The zero-order valence-corrected chi connectivity index (χ0v) is 25.6. The summed E-state index contributed by atoms with van der Waals surface area (Å²) in [5, 5.41) is 18.7. The summed E-state index contributed by atoms with van der Waals surface area (Å²) in [5.74, 6) is 1.76. The first-order chi connectivity index (χ1) is 21.5. The number of nitrogen functional groups attached to an aromatic ring is 1. The second-order valence-electron chi connectivity index (χ2n) is 11.8. The van der Waals surface area contributed by atoms with E-state index in [-0.39, 0.29) is 6.04 Å².